The van der Waals surface area contributed by atoms with Gasteiger partial charge in [0.25, 0.3) is 0 Å². The van der Waals surface area contributed by atoms with Crippen molar-refractivity contribution in [3.05, 3.63) is 59.4 Å². The molecule has 2 aromatic rings. The molecule has 1 aliphatic rings. The van der Waals surface area contributed by atoms with E-state index < -0.39 is 11.8 Å². The molecule has 26 heavy (non-hydrogen) atoms. The lowest BCUT2D eigenvalue weighted by Gasteiger charge is -2.23. The van der Waals surface area contributed by atoms with Crippen LogP contribution in [-0.4, -0.2) is 50.6 Å². The number of benzene rings is 2. The summed E-state index contributed by atoms with van der Waals surface area (Å²) in [6, 6.07) is 10.7. The third kappa shape index (κ3) is 4.37. The smallest absolute Gasteiger partial charge is 0.346 e. The summed E-state index contributed by atoms with van der Waals surface area (Å²) >= 11 is 0. The minimum atomic E-state index is -0.781. The predicted octanol–water partition coefficient (Wildman–Crippen LogP) is 2.72. The molecule has 2 aromatic carbocycles. The molecule has 0 radical (unpaired) electrons. The molecule has 0 bridgehead atoms. The van der Waals surface area contributed by atoms with Crippen molar-refractivity contribution in [1.82, 2.24) is 5.01 Å². The molecule has 1 fully saturated rings. The lowest BCUT2D eigenvalue weighted by Crippen LogP contribution is -2.32. The summed E-state index contributed by atoms with van der Waals surface area (Å²) in [5, 5.41) is 6.31. The number of ether oxygens (including phenoxy) is 3. The minimum absolute atomic E-state index is 0.132. The Bertz CT molecular complexity index is 804. The van der Waals surface area contributed by atoms with Crippen LogP contribution in [0.2, 0.25) is 0 Å². The van der Waals surface area contributed by atoms with E-state index in [4.69, 9.17) is 14.2 Å². The van der Waals surface area contributed by atoms with Crippen molar-refractivity contribution in [3.63, 3.8) is 0 Å². The number of hydrogen-bond acceptors (Lipinski definition) is 6. The van der Waals surface area contributed by atoms with Crippen LogP contribution in [0.3, 0.4) is 0 Å². The number of carbonyl (C=O) groups excluding carboxylic acids is 1. The lowest BCUT2D eigenvalue weighted by atomic mass is 10.2. The van der Waals surface area contributed by atoms with Crippen LogP contribution < -0.4 is 9.47 Å². The number of methoxy groups -OCH3 is 1. The van der Waals surface area contributed by atoms with Gasteiger partial charge in [-0.2, -0.15) is 5.10 Å². The van der Waals surface area contributed by atoms with Crippen LogP contribution in [0.5, 0.6) is 11.5 Å². The lowest BCUT2D eigenvalue weighted by molar-refractivity contribution is 0.0397. The van der Waals surface area contributed by atoms with Crippen molar-refractivity contribution in [2.45, 2.75) is 0 Å². The SMILES string of the molecule is COc1cc(C=NN2CCOCC2)ccc1OC(=O)c1ccccc1F. The van der Waals surface area contributed by atoms with E-state index in [9.17, 15) is 9.18 Å². The summed E-state index contributed by atoms with van der Waals surface area (Å²) in [7, 11) is 1.47. The highest BCUT2D eigenvalue weighted by atomic mass is 19.1. The number of morpholine rings is 1. The molecule has 1 saturated heterocycles. The first-order chi connectivity index (χ1) is 12.7. The van der Waals surface area contributed by atoms with E-state index in [-0.39, 0.29) is 11.3 Å². The third-order valence-electron chi connectivity index (χ3n) is 3.84. The zero-order valence-corrected chi connectivity index (χ0v) is 14.4. The normalized spacial score (nSPS) is 14.5. The summed E-state index contributed by atoms with van der Waals surface area (Å²) in [5.74, 6) is -0.841. The number of esters is 1. The molecular formula is C19H19FN2O4. The highest BCUT2D eigenvalue weighted by Gasteiger charge is 2.16. The average Bonchev–Trinajstić information content (AvgIpc) is 2.68. The van der Waals surface area contributed by atoms with E-state index >= 15 is 0 Å². The Hall–Kier alpha value is -2.93. The van der Waals surface area contributed by atoms with Crippen molar-refractivity contribution >= 4 is 12.2 Å². The van der Waals surface area contributed by atoms with Gasteiger partial charge in [-0.15, -0.1) is 0 Å². The Labute approximate surface area is 150 Å². The van der Waals surface area contributed by atoms with E-state index in [1.807, 2.05) is 5.01 Å². The van der Waals surface area contributed by atoms with Gasteiger partial charge in [-0.25, -0.2) is 9.18 Å². The van der Waals surface area contributed by atoms with Gasteiger partial charge in [0.1, 0.15) is 5.82 Å². The number of hydrazone groups is 1. The van der Waals surface area contributed by atoms with Gasteiger partial charge in [-0.1, -0.05) is 12.1 Å². The second kappa shape index (κ2) is 8.44. The van der Waals surface area contributed by atoms with Gasteiger partial charge in [0.2, 0.25) is 0 Å². The minimum Gasteiger partial charge on any atom is -0.493 e. The predicted molar refractivity (Wildman–Crippen MR) is 94.3 cm³/mol. The number of rotatable bonds is 5. The van der Waals surface area contributed by atoms with E-state index in [1.54, 1.807) is 30.5 Å². The van der Waals surface area contributed by atoms with Crippen molar-refractivity contribution in [2.24, 2.45) is 5.10 Å². The first-order valence-corrected chi connectivity index (χ1v) is 8.19. The van der Waals surface area contributed by atoms with Crippen molar-refractivity contribution < 1.29 is 23.4 Å². The van der Waals surface area contributed by atoms with Crippen molar-refractivity contribution in [2.75, 3.05) is 33.4 Å². The Morgan fingerprint density at radius 3 is 2.69 bits per heavy atom. The van der Waals surface area contributed by atoms with Gasteiger partial charge < -0.3 is 14.2 Å². The zero-order valence-electron chi connectivity index (χ0n) is 14.4. The summed E-state index contributed by atoms with van der Waals surface area (Å²) < 4.78 is 29.5. The molecular weight excluding hydrogens is 339 g/mol. The Balaban J connectivity index is 1.73. The number of nitrogens with zero attached hydrogens (tertiary/aromatic N) is 2. The van der Waals surface area contributed by atoms with Crippen molar-refractivity contribution in [1.29, 1.82) is 0 Å². The molecule has 1 heterocycles. The molecule has 0 spiro atoms. The molecule has 0 aromatic heterocycles. The summed E-state index contributed by atoms with van der Waals surface area (Å²) in [6.07, 6.45) is 1.70. The van der Waals surface area contributed by atoms with Gasteiger partial charge in [-0.05, 0) is 35.9 Å². The fourth-order valence-corrected chi connectivity index (χ4v) is 2.45. The first-order valence-electron chi connectivity index (χ1n) is 8.19. The van der Waals surface area contributed by atoms with Gasteiger partial charge in [0, 0.05) is 0 Å². The Kier molecular flexibility index (Phi) is 5.80. The van der Waals surface area contributed by atoms with Crippen LogP contribution in [0.25, 0.3) is 0 Å². The molecule has 6 nitrogen and oxygen atoms in total. The summed E-state index contributed by atoms with van der Waals surface area (Å²) in [4.78, 5) is 12.2. The van der Waals surface area contributed by atoms with Crippen LogP contribution in [0.1, 0.15) is 15.9 Å². The van der Waals surface area contributed by atoms with Crippen LogP contribution in [-0.2, 0) is 4.74 Å². The van der Waals surface area contributed by atoms with Crippen LogP contribution in [0, 0.1) is 5.82 Å². The summed E-state index contributed by atoms with van der Waals surface area (Å²) in [5.41, 5.74) is 0.659. The van der Waals surface area contributed by atoms with E-state index in [0.29, 0.717) is 19.0 Å². The highest BCUT2D eigenvalue weighted by Crippen LogP contribution is 2.28. The van der Waals surface area contributed by atoms with E-state index in [2.05, 4.69) is 5.10 Å². The monoisotopic (exact) mass is 358 g/mol. The molecule has 0 amide bonds. The quantitative estimate of drug-likeness (QED) is 0.467. The van der Waals surface area contributed by atoms with Crippen molar-refractivity contribution in [3.8, 4) is 11.5 Å². The molecule has 3 rings (SSSR count). The highest BCUT2D eigenvalue weighted by molar-refractivity contribution is 5.92. The molecule has 1 aliphatic heterocycles. The number of carbonyl (C=O) groups is 1. The number of halogens is 1. The Morgan fingerprint density at radius 1 is 1.19 bits per heavy atom. The zero-order chi connectivity index (χ0) is 18.4. The van der Waals surface area contributed by atoms with Crippen LogP contribution in [0.15, 0.2) is 47.6 Å². The first kappa shape index (κ1) is 17.9. The van der Waals surface area contributed by atoms with Crippen LogP contribution >= 0.6 is 0 Å². The van der Waals surface area contributed by atoms with Gasteiger partial charge in [0.15, 0.2) is 11.5 Å². The maximum Gasteiger partial charge on any atom is 0.346 e. The molecule has 136 valence electrons. The molecule has 0 saturated carbocycles. The summed E-state index contributed by atoms with van der Waals surface area (Å²) in [6.45, 7) is 2.80. The molecule has 0 aliphatic carbocycles. The van der Waals surface area contributed by atoms with Gasteiger partial charge >= 0.3 is 5.97 Å². The molecule has 0 unspecified atom stereocenters. The fraction of sp³-hybridized carbons (Fsp3) is 0.263. The van der Waals surface area contributed by atoms with E-state index in [1.165, 1.54) is 25.3 Å². The maximum absolute atomic E-state index is 13.7. The number of hydrogen-bond donors (Lipinski definition) is 0. The molecule has 0 N–H and O–H groups in total. The average molecular weight is 358 g/mol. The topological polar surface area (TPSA) is 60.4 Å². The second-order valence-electron chi connectivity index (χ2n) is 5.59. The third-order valence-corrected chi connectivity index (χ3v) is 3.84. The molecule has 7 heteroatoms. The Morgan fingerprint density at radius 2 is 1.96 bits per heavy atom. The second-order valence-corrected chi connectivity index (χ2v) is 5.59. The standard InChI is InChI=1S/C19H19FN2O4/c1-24-18-12-14(13-21-22-8-10-25-11-9-22)6-7-17(18)26-19(23)15-4-2-3-5-16(15)20/h2-7,12-13H,8-11H2,1H3. The van der Waals surface area contributed by atoms with Crippen LogP contribution in [0.4, 0.5) is 4.39 Å². The largest absolute Gasteiger partial charge is 0.493 e. The van der Waals surface area contributed by atoms with E-state index in [0.717, 1.165) is 18.7 Å². The molecule has 0 atom stereocenters. The maximum atomic E-state index is 13.7. The fourth-order valence-electron chi connectivity index (χ4n) is 2.45. The van der Waals surface area contributed by atoms with Gasteiger partial charge in [-0.3, -0.25) is 5.01 Å². The van der Waals surface area contributed by atoms with Gasteiger partial charge in [0.05, 0.1) is 45.2 Å².